The summed E-state index contributed by atoms with van der Waals surface area (Å²) in [6.07, 6.45) is -3.02. The summed E-state index contributed by atoms with van der Waals surface area (Å²) in [4.78, 5) is 21.6. The molecule has 108 valence electrons. The lowest BCUT2D eigenvalue weighted by Gasteiger charge is -2.21. The molecule has 0 fully saturated rings. The van der Waals surface area contributed by atoms with Crippen molar-refractivity contribution in [2.75, 3.05) is 13.8 Å². The third-order valence-electron chi connectivity index (χ3n) is 2.45. The molecule has 9 heteroatoms. The van der Waals surface area contributed by atoms with E-state index >= 15 is 0 Å². The van der Waals surface area contributed by atoms with Crippen LogP contribution in [-0.2, 0) is 6.54 Å². The lowest BCUT2D eigenvalue weighted by molar-refractivity contribution is 0.173. The molecule has 0 atom stereocenters. The molecule has 0 saturated carbocycles. The largest absolute Gasteiger partial charge is 0.464 e. The first-order valence-corrected chi connectivity index (χ1v) is 6.20. The van der Waals surface area contributed by atoms with E-state index in [4.69, 9.17) is 14.6 Å². The molecular weight excluding hydrogens is 291 g/mol. The Balaban J connectivity index is 2.08. The summed E-state index contributed by atoms with van der Waals surface area (Å²) in [5.41, 5.74) is 0.589. The Labute approximate surface area is 118 Å². The van der Waals surface area contributed by atoms with Gasteiger partial charge in [-0.25, -0.2) is 18.2 Å². The Morgan fingerprint density at radius 2 is 2.10 bits per heavy atom. The number of hydrogen-bond acceptors (Lipinski definition) is 5. The molecule has 0 unspecified atom stereocenters. The van der Waals surface area contributed by atoms with E-state index in [1.807, 2.05) is 0 Å². The molecule has 0 spiro atoms. The highest BCUT2D eigenvalue weighted by atomic mass is 32.2. The standard InChI is InChI=1S/C11H11FN2O5S/c1-13(11(16)17)20-14(10(12)15)5-7-2-3-8-9(4-7)19-6-18-8/h2-4H,5-6H2,1H3,(H,16,17). The van der Waals surface area contributed by atoms with Crippen LogP contribution in [0.4, 0.5) is 14.0 Å². The van der Waals surface area contributed by atoms with E-state index in [0.717, 1.165) is 4.31 Å². The average molecular weight is 302 g/mol. The summed E-state index contributed by atoms with van der Waals surface area (Å²) >= 11 is 0.460. The number of carbonyl (C=O) groups is 2. The van der Waals surface area contributed by atoms with Crippen LogP contribution in [0.1, 0.15) is 5.56 Å². The Morgan fingerprint density at radius 3 is 2.75 bits per heavy atom. The van der Waals surface area contributed by atoms with Crippen LogP contribution in [0.25, 0.3) is 0 Å². The monoisotopic (exact) mass is 302 g/mol. The van der Waals surface area contributed by atoms with Crippen LogP contribution < -0.4 is 9.47 Å². The summed E-state index contributed by atoms with van der Waals surface area (Å²) in [6, 6.07) is 4.90. The quantitative estimate of drug-likeness (QED) is 0.523. The minimum atomic E-state index is -1.74. The van der Waals surface area contributed by atoms with Gasteiger partial charge in [0.15, 0.2) is 11.5 Å². The fourth-order valence-electron chi connectivity index (χ4n) is 1.51. The highest BCUT2D eigenvalue weighted by Crippen LogP contribution is 2.33. The highest BCUT2D eigenvalue weighted by Gasteiger charge is 2.21. The lowest BCUT2D eigenvalue weighted by atomic mass is 10.2. The maximum Gasteiger partial charge on any atom is 0.418 e. The Kier molecular flexibility index (Phi) is 4.18. The number of benzene rings is 1. The molecule has 1 aliphatic rings. The molecule has 0 saturated heterocycles. The van der Waals surface area contributed by atoms with Crippen LogP contribution >= 0.6 is 12.1 Å². The van der Waals surface area contributed by atoms with Gasteiger partial charge in [0.05, 0.1) is 18.7 Å². The summed E-state index contributed by atoms with van der Waals surface area (Å²) in [5, 5.41) is 8.71. The van der Waals surface area contributed by atoms with Crippen LogP contribution in [0.3, 0.4) is 0 Å². The molecule has 0 aliphatic carbocycles. The smallest absolute Gasteiger partial charge is 0.418 e. The molecule has 0 bridgehead atoms. The average Bonchev–Trinajstić information content (AvgIpc) is 2.84. The van der Waals surface area contributed by atoms with E-state index in [9.17, 15) is 14.0 Å². The number of carbonyl (C=O) groups excluding carboxylic acids is 1. The zero-order valence-corrected chi connectivity index (χ0v) is 11.2. The van der Waals surface area contributed by atoms with Crippen LogP contribution in [0, 0.1) is 0 Å². The molecule has 1 aromatic carbocycles. The van der Waals surface area contributed by atoms with Crippen molar-refractivity contribution in [2.45, 2.75) is 6.54 Å². The Hall–Kier alpha value is -2.16. The molecule has 2 rings (SSSR count). The highest BCUT2D eigenvalue weighted by molar-refractivity contribution is 7.95. The third kappa shape index (κ3) is 3.23. The van der Waals surface area contributed by atoms with Gasteiger partial charge in [-0.3, -0.25) is 0 Å². The number of nitrogens with zero attached hydrogens (tertiary/aromatic N) is 2. The molecule has 7 nitrogen and oxygen atoms in total. The molecule has 1 heterocycles. The summed E-state index contributed by atoms with van der Waals surface area (Å²) in [5.74, 6) is 1.08. The van der Waals surface area contributed by atoms with Gasteiger partial charge in [-0.05, 0) is 17.7 Å². The minimum absolute atomic E-state index is 0.103. The van der Waals surface area contributed by atoms with E-state index in [-0.39, 0.29) is 13.3 Å². The van der Waals surface area contributed by atoms with Crippen molar-refractivity contribution in [2.24, 2.45) is 0 Å². The van der Waals surface area contributed by atoms with Crippen molar-refractivity contribution in [3.63, 3.8) is 0 Å². The maximum absolute atomic E-state index is 12.9. The van der Waals surface area contributed by atoms with Gasteiger partial charge in [0.1, 0.15) is 0 Å². The fourth-order valence-corrected chi connectivity index (χ4v) is 2.15. The lowest BCUT2D eigenvalue weighted by Crippen LogP contribution is -2.27. The van der Waals surface area contributed by atoms with Gasteiger partial charge < -0.3 is 14.6 Å². The number of rotatable bonds is 4. The van der Waals surface area contributed by atoms with Crippen LogP contribution in [0.5, 0.6) is 11.5 Å². The van der Waals surface area contributed by atoms with Crippen LogP contribution in [0.2, 0.25) is 0 Å². The molecule has 0 aromatic heterocycles. The summed E-state index contributed by atoms with van der Waals surface area (Å²) in [6.45, 7) is 0.00923. The van der Waals surface area contributed by atoms with Gasteiger partial charge in [0.2, 0.25) is 6.79 Å². The second-order valence-corrected chi connectivity index (χ2v) is 4.99. The second kappa shape index (κ2) is 5.87. The minimum Gasteiger partial charge on any atom is -0.464 e. The van der Waals surface area contributed by atoms with Crippen LogP contribution in [0.15, 0.2) is 18.2 Å². The third-order valence-corrected chi connectivity index (χ3v) is 3.32. The van der Waals surface area contributed by atoms with Crippen molar-refractivity contribution >= 4 is 24.4 Å². The van der Waals surface area contributed by atoms with E-state index < -0.39 is 12.3 Å². The number of halogens is 1. The number of fused-ring (bicyclic) bond motifs is 1. The van der Waals surface area contributed by atoms with Crippen molar-refractivity contribution in [1.29, 1.82) is 0 Å². The molecule has 0 radical (unpaired) electrons. The first kappa shape index (κ1) is 14.3. The van der Waals surface area contributed by atoms with E-state index in [0.29, 0.717) is 33.5 Å². The fraction of sp³-hybridized carbons (Fsp3) is 0.273. The van der Waals surface area contributed by atoms with Crippen LogP contribution in [-0.4, -0.2) is 39.8 Å². The topological polar surface area (TPSA) is 79.3 Å². The SMILES string of the molecule is CN(SN(Cc1ccc2c(c1)OCO2)C(=O)F)C(=O)O. The normalized spacial score (nSPS) is 12.1. The van der Waals surface area contributed by atoms with E-state index in [2.05, 4.69) is 0 Å². The van der Waals surface area contributed by atoms with Gasteiger partial charge in [-0.2, -0.15) is 0 Å². The zero-order chi connectivity index (χ0) is 14.7. The number of hydrogen-bond donors (Lipinski definition) is 1. The molecule has 2 amide bonds. The predicted molar refractivity (Wildman–Crippen MR) is 68.0 cm³/mol. The Morgan fingerprint density at radius 1 is 1.40 bits per heavy atom. The van der Waals surface area contributed by atoms with E-state index in [1.54, 1.807) is 18.2 Å². The van der Waals surface area contributed by atoms with E-state index in [1.165, 1.54) is 7.05 Å². The zero-order valence-electron chi connectivity index (χ0n) is 10.4. The maximum atomic E-state index is 12.9. The molecule has 1 aliphatic heterocycles. The second-order valence-electron chi connectivity index (χ2n) is 3.84. The molecular formula is C11H11FN2O5S. The van der Waals surface area contributed by atoms with Crippen molar-refractivity contribution in [3.05, 3.63) is 23.8 Å². The first-order chi connectivity index (χ1) is 9.47. The van der Waals surface area contributed by atoms with Gasteiger partial charge in [0, 0.05) is 7.05 Å². The van der Waals surface area contributed by atoms with Gasteiger partial charge >= 0.3 is 12.3 Å². The molecule has 20 heavy (non-hydrogen) atoms. The number of carboxylic acid groups (broad SMARTS) is 1. The van der Waals surface area contributed by atoms with Gasteiger partial charge in [-0.15, -0.1) is 4.39 Å². The summed E-state index contributed by atoms with van der Waals surface area (Å²) in [7, 11) is 1.21. The number of amides is 2. The molecule has 1 N–H and O–H groups in total. The van der Waals surface area contributed by atoms with Gasteiger partial charge in [0.25, 0.3) is 0 Å². The number of ether oxygens (including phenoxy) is 2. The predicted octanol–water partition coefficient (Wildman–Crippen LogP) is 2.48. The van der Waals surface area contributed by atoms with Crippen molar-refractivity contribution < 1.29 is 28.6 Å². The van der Waals surface area contributed by atoms with Crippen molar-refractivity contribution in [3.8, 4) is 11.5 Å². The van der Waals surface area contributed by atoms with Crippen molar-refractivity contribution in [1.82, 2.24) is 8.61 Å². The Bertz CT molecular complexity index is 542. The van der Waals surface area contributed by atoms with Gasteiger partial charge in [-0.1, -0.05) is 6.07 Å². The first-order valence-electron chi connectivity index (χ1n) is 5.47. The molecule has 1 aromatic rings. The summed E-state index contributed by atoms with van der Waals surface area (Å²) < 4.78 is 24.7.